The number of hydrogen-bond donors (Lipinski definition) is 1. The highest BCUT2D eigenvalue weighted by atomic mass is 35.5. The van der Waals surface area contributed by atoms with E-state index in [2.05, 4.69) is 0 Å². The van der Waals surface area contributed by atoms with Gasteiger partial charge in [-0.05, 0) is 23.8 Å². The summed E-state index contributed by atoms with van der Waals surface area (Å²) in [4.78, 5) is 12.5. The number of hydrogen-bond acceptors (Lipinski definition) is 2. The lowest BCUT2D eigenvalue weighted by Crippen LogP contribution is -2.26. The van der Waals surface area contributed by atoms with Gasteiger partial charge in [0.2, 0.25) is 0 Å². The number of carboxylic acid groups (broad SMARTS) is 1. The van der Waals surface area contributed by atoms with Crippen LogP contribution in [0.1, 0.15) is 12.0 Å². The highest BCUT2D eigenvalue weighted by Gasteiger charge is 2.14. The number of para-hydroxylation sites is 1. The molecule has 5 heteroatoms. The van der Waals surface area contributed by atoms with Crippen LogP contribution in [0.2, 0.25) is 5.02 Å². The number of aliphatic carboxylic acids is 1. The van der Waals surface area contributed by atoms with E-state index >= 15 is 0 Å². The molecule has 2 rings (SSSR count). The van der Waals surface area contributed by atoms with Gasteiger partial charge in [-0.2, -0.15) is 0 Å². The lowest BCUT2D eigenvalue weighted by molar-refractivity contribution is -0.136. The van der Waals surface area contributed by atoms with Crippen molar-refractivity contribution in [3.8, 4) is 0 Å². The van der Waals surface area contributed by atoms with Crippen molar-refractivity contribution in [1.82, 2.24) is 0 Å². The Morgan fingerprint density at radius 1 is 1.14 bits per heavy atom. The number of rotatable bonds is 6. The lowest BCUT2D eigenvalue weighted by Gasteiger charge is -2.25. The van der Waals surface area contributed by atoms with Crippen LogP contribution in [0, 0.1) is 5.82 Å². The predicted molar refractivity (Wildman–Crippen MR) is 81.2 cm³/mol. The number of carboxylic acids is 1. The maximum absolute atomic E-state index is 13.9. The standard InChI is InChI=1S/C16H15ClFNO2/c17-13-6-2-1-5-12(13)11-19(10-9-16(20)21)15-8-4-3-7-14(15)18/h1-8H,9-11H2,(H,20,21). The van der Waals surface area contributed by atoms with Crippen LogP contribution in [-0.2, 0) is 11.3 Å². The molecule has 0 heterocycles. The van der Waals surface area contributed by atoms with Crippen molar-refractivity contribution in [2.45, 2.75) is 13.0 Å². The number of nitrogens with zero attached hydrogens (tertiary/aromatic N) is 1. The Labute approximate surface area is 127 Å². The van der Waals surface area contributed by atoms with Gasteiger partial charge < -0.3 is 10.0 Å². The number of anilines is 1. The Morgan fingerprint density at radius 2 is 1.81 bits per heavy atom. The fourth-order valence-electron chi connectivity index (χ4n) is 2.06. The molecule has 0 aliphatic heterocycles. The maximum atomic E-state index is 13.9. The second kappa shape index (κ2) is 7.09. The normalized spacial score (nSPS) is 10.4. The Morgan fingerprint density at radius 3 is 2.48 bits per heavy atom. The highest BCUT2D eigenvalue weighted by molar-refractivity contribution is 6.31. The Hall–Kier alpha value is -2.07. The molecule has 21 heavy (non-hydrogen) atoms. The molecule has 0 aromatic heterocycles. The van der Waals surface area contributed by atoms with Crippen molar-refractivity contribution in [2.24, 2.45) is 0 Å². The first-order chi connectivity index (χ1) is 10.1. The second-order valence-corrected chi connectivity index (χ2v) is 5.02. The van der Waals surface area contributed by atoms with Gasteiger partial charge in [0.05, 0.1) is 12.1 Å². The smallest absolute Gasteiger partial charge is 0.305 e. The van der Waals surface area contributed by atoms with E-state index in [0.717, 1.165) is 5.56 Å². The minimum atomic E-state index is -0.921. The molecule has 110 valence electrons. The summed E-state index contributed by atoms with van der Waals surface area (Å²) in [7, 11) is 0. The summed E-state index contributed by atoms with van der Waals surface area (Å²) in [6, 6.07) is 13.6. The molecule has 0 unspecified atom stereocenters. The van der Waals surface area contributed by atoms with E-state index in [1.165, 1.54) is 6.07 Å². The molecule has 0 atom stereocenters. The number of halogens is 2. The average Bonchev–Trinajstić information content (AvgIpc) is 2.46. The zero-order valence-corrected chi connectivity index (χ0v) is 12.1. The minimum Gasteiger partial charge on any atom is -0.481 e. The van der Waals surface area contributed by atoms with Crippen LogP contribution in [0.4, 0.5) is 10.1 Å². The Bertz CT molecular complexity index is 633. The van der Waals surface area contributed by atoms with Crippen LogP contribution < -0.4 is 4.90 Å². The number of carbonyl (C=O) groups is 1. The molecule has 0 amide bonds. The number of benzene rings is 2. The van der Waals surface area contributed by atoms with Gasteiger partial charge >= 0.3 is 5.97 Å². The summed E-state index contributed by atoms with van der Waals surface area (Å²) < 4.78 is 13.9. The van der Waals surface area contributed by atoms with Crippen LogP contribution >= 0.6 is 11.6 Å². The van der Waals surface area contributed by atoms with Crippen molar-refractivity contribution < 1.29 is 14.3 Å². The molecule has 0 aliphatic carbocycles. The third kappa shape index (κ3) is 4.20. The lowest BCUT2D eigenvalue weighted by atomic mass is 10.1. The summed E-state index contributed by atoms with van der Waals surface area (Å²) in [5.41, 5.74) is 1.20. The molecule has 1 N–H and O–H groups in total. The molecule has 0 saturated heterocycles. The van der Waals surface area contributed by atoms with Crippen molar-refractivity contribution >= 4 is 23.3 Å². The van der Waals surface area contributed by atoms with E-state index in [1.807, 2.05) is 18.2 Å². The van der Waals surface area contributed by atoms with Gasteiger partial charge in [-0.3, -0.25) is 4.79 Å². The fourth-order valence-corrected chi connectivity index (χ4v) is 2.25. The molecular formula is C16H15ClFNO2. The van der Waals surface area contributed by atoms with Gasteiger partial charge in [-0.25, -0.2) is 4.39 Å². The zero-order chi connectivity index (χ0) is 15.2. The Kier molecular flexibility index (Phi) is 5.17. The molecule has 2 aromatic rings. The first-order valence-corrected chi connectivity index (χ1v) is 6.90. The topological polar surface area (TPSA) is 40.5 Å². The molecule has 0 bridgehead atoms. The minimum absolute atomic E-state index is 0.0706. The van der Waals surface area contributed by atoms with Gasteiger partial charge in [0, 0.05) is 18.1 Å². The van der Waals surface area contributed by atoms with Crippen molar-refractivity contribution in [3.63, 3.8) is 0 Å². The van der Waals surface area contributed by atoms with E-state index in [-0.39, 0.29) is 18.8 Å². The summed E-state index contributed by atoms with van der Waals surface area (Å²) >= 11 is 6.12. The van der Waals surface area contributed by atoms with E-state index in [4.69, 9.17) is 16.7 Å². The second-order valence-electron chi connectivity index (χ2n) is 4.61. The summed E-state index contributed by atoms with van der Waals surface area (Å²) in [6.45, 7) is 0.565. The molecule has 0 radical (unpaired) electrons. The van der Waals surface area contributed by atoms with Gasteiger partial charge in [-0.15, -0.1) is 0 Å². The van der Waals surface area contributed by atoms with Gasteiger partial charge in [0.15, 0.2) is 0 Å². The van der Waals surface area contributed by atoms with E-state index in [0.29, 0.717) is 17.3 Å². The summed E-state index contributed by atoms with van der Waals surface area (Å²) in [5, 5.41) is 9.43. The van der Waals surface area contributed by atoms with Crippen LogP contribution in [0.5, 0.6) is 0 Å². The van der Waals surface area contributed by atoms with Gasteiger partial charge in [0.25, 0.3) is 0 Å². The van der Waals surface area contributed by atoms with Gasteiger partial charge in [0.1, 0.15) is 5.82 Å². The molecule has 0 fully saturated rings. The summed E-state index contributed by atoms with van der Waals surface area (Å²) in [5.74, 6) is -1.30. The third-order valence-electron chi connectivity index (χ3n) is 3.11. The predicted octanol–water partition coefficient (Wildman–Crippen LogP) is 3.96. The first kappa shape index (κ1) is 15.3. The molecule has 2 aromatic carbocycles. The van der Waals surface area contributed by atoms with E-state index in [1.54, 1.807) is 29.2 Å². The fraction of sp³-hybridized carbons (Fsp3) is 0.188. The summed E-state index contributed by atoms with van der Waals surface area (Å²) in [6.07, 6.45) is -0.0706. The highest BCUT2D eigenvalue weighted by Crippen LogP contribution is 2.24. The van der Waals surface area contributed by atoms with Gasteiger partial charge in [-0.1, -0.05) is 41.9 Å². The van der Waals surface area contributed by atoms with Crippen LogP contribution in [0.25, 0.3) is 0 Å². The molecule has 0 spiro atoms. The van der Waals surface area contributed by atoms with Crippen LogP contribution in [0.15, 0.2) is 48.5 Å². The monoisotopic (exact) mass is 307 g/mol. The molecular weight excluding hydrogens is 293 g/mol. The molecule has 3 nitrogen and oxygen atoms in total. The van der Waals surface area contributed by atoms with Crippen molar-refractivity contribution in [2.75, 3.05) is 11.4 Å². The maximum Gasteiger partial charge on any atom is 0.305 e. The third-order valence-corrected chi connectivity index (χ3v) is 3.48. The van der Waals surface area contributed by atoms with E-state index in [9.17, 15) is 9.18 Å². The van der Waals surface area contributed by atoms with Crippen molar-refractivity contribution in [3.05, 3.63) is 64.9 Å². The van der Waals surface area contributed by atoms with E-state index < -0.39 is 5.97 Å². The van der Waals surface area contributed by atoms with Crippen LogP contribution in [0.3, 0.4) is 0 Å². The first-order valence-electron chi connectivity index (χ1n) is 6.52. The molecule has 0 aliphatic rings. The Balaban J connectivity index is 2.26. The quantitative estimate of drug-likeness (QED) is 0.878. The van der Waals surface area contributed by atoms with Crippen LogP contribution in [-0.4, -0.2) is 17.6 Å². The zero-order valence-electron chi connectivity index (χ0n) is 11.3. The SMILES string of the molecule is O=C(O)CCN(Cc1ccccc1Cl)c1ccccc1F. The largest absolute Gasteiger partial charge is 0.481 e. The van der Waals surface area contributed by atoms with Crippen molar-refractivity contribution in [1.29, 1.82) is 0 Å². The molecule has 0 saturated carbocycles. The average molecular weight is 308 g/mol.